The van der Waals surface area contributed by atoms with Crippen LogP contribution in [0.3, 0.4) is 0 Å². The van der Waals surface area contributed by atoms with E-state index in [0.29, 0.717) is 11.3 Å². The number of nitrogens with one attached hydrogen (secondary N) is 1. The molecule has 1 aromatic carbocycles. The number of anilines is 1. The first-order chi connectivity index (χ1) is 11.6. The third kappa shape index (κ3) is 3.19. The van der Waals surface area contributed by atoms with E-state index in [9.17, 15) is 4.79 Å². The summed E-state index contributed by atoms with van der Waals surface area (Å²) in [6, 6.07) is 13.3. The molecule has 0 unspecified atom stereocenters. The van der Waals surface area contributed by atoms with Crippen LogP contribution in [0.25, 0.3) is 0 Å². The molecule has 0 saturated carbocycles. The van der Waals surface area contributed by atoms with Crippen LogP contribution in [0.15, 0.2) is 42.6 Å². The number of nitrogens with zero attached hydrogens (tertiary/aromatic N) is 3. The van der Waals surface area contributed by atoms with Crippen molar-refractivity contribution in [2.45, 2.75) is 31.8 Å². The van der Waals surface area contributed by atoms with Crippen molar-refractivity contribution >= 4 is 11.6 Å². The number of amides is 1. The topological polar surface area (TPSA) is 61.1 Å². The maximum Gasteiger partial charge on any atom is 0.241 e. The third-order valence-electron chi connectivity index (χ3n) is 4.76. The van der Waals surface area contributed by atoms with E-state index in [1.807, 2.05) is 32.3 Å². The van der Waals surface area contributed by atoms with Crippen LogP contribution in [0.2, 0.25) is 0 Å². The van der Waals surface area contributed by atoms with Crippen molar-refractivity contribution in [3.63, 3.8) is 0 Å². The summed E-state index contributed by atoms with van der Waals surface area (Å²) in [6.45, 7) is 2.87. The van der Waals surface area contributed by atoms with Gasteiger partial charge in [0.15, 0.2) is 0 Å². The summed E-state index contributed by atoms with van der Waals surface area (Å²) in [6.07, 6.45) is 4.21. The molecule has 5 nitrogen and oxygen atoms in total. The summed E-state index contributed by atoms with van der Waals surface area (Å²) in [5.41, 5.74) is 2.46. The third-order valence-corrected chi connectivity index (χ3v) is 4.76. The maximum absolute atomic E-state index is 12.7. The van der Waals surface area contributed by atoms with Crippen molar-refractivity contribution < 1.29 is 4.79 Å². The van der Waals surface area contributed by atoms with Gasteiger partial charge in [0.2, 0.25) is 5.91 Å². The van der Waals surface area contributed by atoms with Crippen LogP contribution in [0.1, 0.15) is 37.1 Å². The lowest BCUT2D eigenvalue weighted by Gasteiger charge is -2.30. The molecule has 124 valence electrons. The summed E-state index contributed by atoms with van der Waals surface area (Å²) in [5.74, 6) is -0.0359. The molecule has 5 heteroatoms. The van der Waals surface area contributed by atoms with Gasteiger partial charge in [-0.2, -0.15) is 5.26 Å². The summed E-state index contributed by atoms with van der Waals surface area (Å²) >= 11 is 0. The predicted octanol–water partition coefficient (Wildman–Crippen LogP) is 3.06. The van der Waals surface area contributed by atoms with E-state index in [2.05, 4.69) is 26.9 Å². The van der Waals surface area contributed by atoms with Gasteiger partial charge in [0, 0.05) is 24.6 Å². The van der Waals surface area contributed by atoms with Gasteiger partial charge in [0.25, 0.3) is 0 Å². The van der Waals surface area contributed by atoms with E-state index in [1.54, 1.807) is 18.2 Å². The second-order valence-electron chi connectivity index (χ2n) is 6.30. The average Bonchev–Trinajstić information content (AvgIpc) is 3.22. The van der Waals surface area contributed by atoms with Crippen molar-refractivity contribution in [1.29, 1.82) is 5.26 Å². The summed E-state index contributed by atoms with van der Waals surface area (Å²) in [7, 11) is 2.05. The van der Waals surface area contributed by atoms with E-state index < -0.39 is 0 Å². The molecule has 0 spiro atoms. The molecule has 3 rings (SSSR count). The highest BCUT2D eigenvalue weighted by atomic mass is 16.2. The van der Waals surface area contributed by atoms with Gasteiger partial charge >= 0.3 is 0 Å². The molecule has 1 fully saturated rings. The molecule has 0 bridgehead atoms. The minimum atomic E-state index is -0.224. The molecule has 1 saturated heterocycles. The molecule has 2 heterocycles. The van der Waals surface area contributed by atoms with E-state index in [1.165, 1.54) is 5.69 Å². The molecule has 24 heavy (non-hydrogen) atoms. The van der Waals surface area contributed by atoms with Crippen molar-refractivity contribution in [3.8, 4) is 6.07 Å². The van der Waals surface area contributed by atoms with E-state index in [4.69, 9.17) is 5.26 Å². The number of aromatic nitrogens is 1. The number of hydrogen-bond donors (Lipinski definition) is 1. The molecule has 1 aliphatic rings. The highest BCUT2D eigenvalue weighted by Gasteiger charge is 2.34. The number of hydrogen-bond acceptors (Lipinski definition) is 3. The number of nitriles is 1. The Morgan fingerprint density at radius 3 is 2.92 bits per heavy atom. The molecular formula is C19H22N4O. The first kappa shape index (κ1) is 16.3. The van der Waals surface area contributed by atoms with Crippen LogP contribution in [0, 0.1) is 11.3 Å². The molecule has 0 aliphatic carbocycles. The fraction of sp³-hybridized carbons (Fsp3) is 0.368. The smallest absolute Gasteiger partial charge is 0.241 e. The normalized spacial score (nSPS) is 19.0. The first-order valence-corrected chi connectivity index (χ1v) is 8.28. The van der Waals surface area contributed by atoms with Gasteiger partial charge in [-0.3, -0.25) is 9.69 Å². The monoisotopic (exact) mass is 322 g/mol. The molecular weight excluding hydrogens is 300 g/mol. The second-order valence-corrected chi connectivity index (χ2v) is 6.30. The lowest BCUT2D eigenvalue weighted by atomic mass is 10.1. The zero-order valence-electron chi connectivity index (χ0n) is 14.1. The van der Waals surface area contributed by atoms with Gasteiger partial charge in [-0.25, -0.2) is 0 Å². The summed E-state index contributed by atoms with van der Waals surface area (Å²) < 4.78 is 2.13. The van der Waals surface area contributed by atoms with Crippen LogP contribution < -0.4 is 5.32 Å². The SMILES string of the molecule is C[C@@H](C(=O)Nc1cccc(C#N)c1)N1CCC[C@@H]1c1cccn1C. The van der Waals surface area contributed by atoms with E-state index >= 15 is 0 Å². The molecule has 1 aliphatic heterocycles. The highest BCUT2D eigenvalue weighted by Crippen LogP contribution is 2.33. The van der Waals surface area contributed by atoms with Gasteiger partial charge < -0.3 is 9.88 Å². The van der Waals surface area contributed by atoms with Gasteiger partial charge in [-0.15, -0.1) is 0 Å². The predicted molar refractivity (Wildman–Crippen MR) is 93.3 cm³/mol. The molecule has 1 aromatic heterocycles. The number of carbonyl (C=O) groups is 1. The van der Waals surface area contributed by atoms with Crippen LogP contribution in [0.4, 0.5) is 5.69 Å². The standard InChI is InChI=1S/C19H22N4O/c1-14(19(24)21-16-7-3-6-15(12-16)13-20)23-11-5-9-18(23)17-8-4-10-22(17)2/h3-4,6-8,10,12,14,18H,5,9,11H2,1-2H3,(H,21,24)/t14-,18+/m0/s1. The van der Waals surface area contributed by atoms with Crippen molar-refractivity contribution in [2.24, 2.45) is 7.05 Å². The highest BCUT2D eigenvalue weighted by molar-refractivity contribution is 5.94. The number of likely N-dealkylation sites (tertiary alicyclic amines) is 1. The Labute approximate surface area is 142 Å². The zero-order chi connectivity index (χ0) is 17.1. The van der Waals surface area contributed by atoms with Crippen LogP contribution in [-0.2, 0) is 11.8 Å². The molecule has 1 amide bonds. The second kappa shape index (κ2) is 6.90. The Balaban J connectivity index is 1.73. The van der Waals surface area contributed by atoms with E-state index in [0.717, 1.165) is 19.4 Å². The van der Waals surface area contributed by atoms with E-state index in [-0.39, 0.29) is 18.0 Å². The van der Waals surface area contributed by atoms with Crippen molar-refractivity contribution in [1.82, 2.24) is 9.47 Å². The van der Waals surface area contributed by atoms with Gasteiger partial charge in [0.05, 0.1) is 23.7 Å². The lowest BCUT2D eigenvalue weighted by molar-refractivity contribution is -0.121. The van der Waals surface area contributed by atoms with Gasteiger partial charge in [0.1, 0.15) is 0 Å². The lowest BCUT2D eigenvalue weighted by Crippen LogP contribution is -2.42. The summed E-state index contributed by atoms with van der Waals surface area (Å²) in [4.78, 5) is 14.9. The Morgan fingerprint density at radius 2 is 2.21 bits per heavy atom. The van der Waals surface area contributed by atoms with Gasteiger partial charge in [-0.05, 0) is 56.6 Å². The van der Waals surface area contributed by atoms with Crippen molar-refractivity contribution in [2.75, 3.05) is 11.9 Å². The number of carbonyl (C=O) groups excluding carboxylic acids is 1. The average molecular weight is 322 g/mol. The fourth-order valence-electron chi connectivity index (χ4n) is 3.45. The number of aryl methyl sites for hydroxylation is 1. The maximum atomic E-state index is 12.7. The summed E-state index contributed by atoms with van der Waals surface area (Å²) in [5, 5.41) is 11.9. The first-order valence-electron chi connectivity index (χ1n) is 8.28. The number of benzene rings is 1. The van der Waals surface area contributed by atoms with Crippen LogP contribution >= 0.6 is 0 Å². The fourth-order valence-corrected chi connectivity index (χ4v) is 3.45. The molecule has 0 radical (unpaired) electrons. The molecule has 2 atom stereocenters. The van der Waals surface area contributed by atoms with Crippen molar-refractivity contribution in [3.05, 3.63) is 53.9 Å². The Hall–Kier alpha value is -2.58. The van der Waals surface area contributed by atoms with Crippen LogP contribution in [-0.4, -0.2) is 28.0 Å². The minimum Gasteiger partial charge on any atom is -0.353 e. The largest absolute Gasteiger partial charge is 0.353 e. The Morgan fingerprint density at radius 1 is 1.38 bits per heavy atom. The van der Waals surface area contributed by atoms with Crippen LogP contribution in [0.5, 0.6) is 0 Å². The minimum absolute atomic E-state index is 0.0359. The Bertz CT molecular complexity index is 774. The zero-order valence-corrected chi connectivity index (χ0v) is 14.1. The number of rotatable bonds is 4. The van der Waals surface area contributed by atoms with Gasteiger partial charge in [-0.1, -0.05) is 6.07 Å². The Kier molecular flexibility index (Phi) is 4.68. The molecule has 1 N–H and O–H groups in total. The molecule has 2 aromatic rings. The quantitative estimate of drug-likeness (QED) is 0.941.